The number of rotatable bonds is 8. The highest BCUT2D eigenvalue weighted by molar-refractivity contribution is 7.11. The summed E-state index contributed by atoms with van der Waals surface area (Å²) in [6, 6.07) is 2.27. The van der Waals surface area contributed by atoms with Crippen LogP contribution >= 0.6 is 11.5 Å². The molecule has 3 amide bonds. The van der Waals surface area contributed by atoms with Crippen molar-refractivity contribution in [2.75, 3.05) is 11.9 Å². The summed E-state index contributed by atoms with van der Waals surface area (Å²) < 4.78 is 37.2. The fraction of sp³-hybridized carbons (Fsp3) is 0.235. The van der Waals surface area contributed by atoms with Crippen LogP contribution in [0.3, 0.4) is 0 Å². The molecule has 1 heterocycles. The Balaban J connectivity index is 2.17. The lowest BCUT2D eigenvalue weighted by Crippen LogP contribution is -2.29. The normalized spacial score (nSPS) is 10.3. The molecule has 2 rings (SSSR count). The van der Waals surface area contributed by atoms with Gasteiger partial charge in [-0.2, -0.15) is 4.37 Å². The van der Waals surface area contributed by atoms with Crippen LogP contribution in [0.25, 0.3) is 0 Å². The number of ether oxygens (including phenoxy) is 1. The van der Waals surface area contributed by atoms with Gasteiger partial charge in [-0.3, -0.25) is 10.1 Å². The third kappa shape index (κ3) is 4.79. The summed E-state index contributed by atoms with van der Waals surface area (Å²) in [4.78, 5) is 23.4. The Kier molecular flexibility index (Phi) is 6.83. The van der Waals surface area contributed by atoms with E-state index in [1.54, 1.807) is 6.92 Å². The minimum absolute atomic E-state index is 0.0358. The number of nitrogens with two attached hydrogens (primary N) is 1. The number of carbonyl (C=O) groups is 2. The van der Waals surface area contributed by atoms with Crippen LogP contribution in [0.2, 0.25) is 0 Å². The maximum atomic E-state index is 14.1. The predicted octanol–water partition coefficient (Wildman–Crippen LogP) is 2.97. The van der Waals surface area contributed by atoms with Gasteiger partial charge >= 0.3 is 6.03 Å². The highest BCUT2D eigenvalue weighted by atomic mass is 32.1. The zero-order chi connectivity index (χ0) is 20.0. The third-order valence-electron chi connectivity index (χ3n) is 3.53. The zero-order valence-electron chi connectivity index (χ0n) is 14.5. The van der Waals surface area contributed by atoms with E-state index < -0.39 is 23.6 Å². The lowest BCUT2D eigenvalue weighted by Gasteiger charge is -2.09. The van der Waals surface area contributed by atoms with Crippen LogP contribution in [0.15, 0.2) is 24.8 Å². The first kappa shape index (κ1) is 20.3. The van der Waals surface area contributed by atoms with Crippen LogP contribution in [0.4, 0.5) is 18.6 Å². The van der Waals surface area contributed by atoms with Crippen molar-refractivity contribution in [3.8, 4) is 5.88 Å². The van der Waals surface area contributed by atoms with E-state index in [-0.39, 0.29) is 40.7 Å². The number of carbonyl (C=O) groups excluding carboxylic acids is 2. The summed E-state index contributed by atoms with van der Waals surface area (Å²) in [5.74, 6) is -3.02. The van der Waals surface area contributed by atoms with E-state index in [0.717, 1.165) is 11.5 Å². The molecule has 0 aliphatic rings. The first-order valence-electron chi connectivity index (χ1n) is 7.92. The first-order chi connectivity index (χ1) is 12.9. The number of halogens is 2. The van der Waals surface area contributed by atoms with Gasteiger partial charge in [0.1, 0.15) is 17.2 Å². The van der Waals surface area contributed by atoms with Crippen molar-refractivity contribution < 1.29 is 23.1 Å². The highest BCUT2D eigenvalue weighted by Gasteiger charge is 2.22. The van der Waals surface area contributed by atoms with E-state index in [1.165, 1.54) is 18.2 Å². The Morgan fingerprint density at radius 3 is 2.63 bits per heavy atom. The molecule has 0 bridgehead atoms. The molecule has 1 aromatic carbocycles. The molecule has 0 saturated carbocycles. The number of nitrogens with one attached hydrogen (secondary N) is 2. The number of hydrogen-bond donors (Lipinski definition) is 3. The molecule has 0 spiro atoms. The maximum Gasteiger partial charge on any atom is 0.320 e. The number of urea groups is 1. The Morgan fingerprint density at radius 1 is 1.33 bits per heavy atom. The summed E-state index contributed by atoms with van der Waals surface area (Å²) in [5.41, 5.74) is 5.38. The van der Waals surface area contributed by atoms with Gasteiger partial charge < -0.3 is 15.8 Å². The standard InChI is InChI=1S/C17H18F2N4O3S/c1-3-7-21-17(25)22-16-11(14(20)24)15(23-27-16)26-8-10-6-5-9(4-2)12(18)13(10)19/h3,5-6H,1,4,7-8H2,2H3,(H2,20,24)(H2,21,22,25). The van der Waals surface area contributed by atoms with E-state index in [4.69, 9.17) is 10.5 Å². The Hall–Kier alpha value is -3.01. The molecule has 7 nitrogen and oxygen atoms in total. The van der Waals surface area contributed by atoms with Gasteiger partial charge in [-0.1, -0.05) is 25.1 Å². The van der Waals surface area contributed by atoms with E-state index in [0.29, 0.717) is 6.42 Å². The average Bonchev–Trinajstić information content (AvgIpc) is 3.04. The van der Waals surface area contributed by atoms with Gasteiger partial charge in [-0.05, 0) is 23.5 Å². The molecular weight excluding hydrogens is 378 g/mol. The second-order valence-corrected chi connectivity index (χ2v) is 6.11. The van der Waals surface area contributed by atoms with Crippen molar-refractivity contribution in [2.24, 2.45) is 5.73 Å². The average molecular weight is 396 g/mol. The summed E-state index contributed by atoms with van der Waals surface area (Å²) in [6.45, 7) is 5.03. The van der Waals surface area contributed by atoms with Crippen LogP contribution in [0.1, 0.15) is 28.4 Å². The van der Waals surface area contributed by atoms with Gasteiger partial charge in [-0.15, -0.1) is 6.58 Å². The van der Waals surface area contributed by atoms with Crippen molar-refractivity contribution in [1.29, 1.82) is 0 Å². The minimum Gasteiger partial charge on any atom is -0.471 e. The van der Waals surface area contributed by atoms with E-state index >= 15 is 0 Å². The molecule has 0 saturated heterocycles. The second kappa shape index (κ2) is 9.08. The quantitative estimate of drug-likeness (QED) is 0.597. The Morgan fingerprint density at radius 2 is 2.00 bits per heavy atom. The van der Waals surface area contributed by atoms with Crippen molar-refractivity contribution in [3.05, 3.63) is 53.1 Å². The van der Waals surface area contributed by atoms with Crippen molar-refractivity contribution >= 4 is 28.5 Å². The van der Waals surface area contributed by atoms with Gasteiger partial charge in [0.15, 0.2) is 11.6 Å². The largest absolute Gasteiger partial charge is 0.471 e. The Bertz CT molecular complexity index is 870. The molecule has 27 heavy (non-hydrogen) atoms. The van der Waals surface area contributed by atoms with Crippen LogP contribution < -0.4 is 21.1 Å². The fourth-order valence-electron chi connectivity index (χ4n) is 2.15. The van der Waals surface area contributed by atoms with E-state index in [1.807, 2.05) is 0 Å². The number of anilines is 1. The molecule has 0 radical (unpaired) electrons. The molecule has 0 aliphatic heterocycles. The summed E-state index contributed by atoms with van der Waals surface area (Å²) in [7, 11) is 0. The van der Waals surface area contributed by atoms with Gasteiger partial charge in [0.2, 0.25) is 5.88 Å². The smallest absolute Gasteiger partial charge is 0.320 e. The second-order valence-electron chi connectivity index (χ2n) is 5.33. The summed E-state index contributed by atoms with van der Waals surface area (Å²) in [6.07, 6.45) is 1.83. The summed E-state index contributed by atoms with van der Waals surface area (Å²) in [5, 5.41) is 4.97. The number of primary amides is 1. The topological polar surface area (TPSA) is 106 Å². The van der Waals surface area contributed by atoms with Gasteiger partial charge in [0.05, 0.1) is 0 Å². The van der Waals surface area contributed by atoms with Crippen LogP contribution in [-0.2, 0) is 13.0 Å². The molecule has 0 aliphatic carbocycles. The number of aryl methyl sites for hydroxylation is 1. The molecule has 0 fully saturated rings. The van der Waals surface area contributed by atoms with Crippen molar-refractivity contribution in [1.82, 2.24) is 9.69 Å². The number of aromatic nitrogens is 1. The van der Waals surface area contributed by atoms with Gasteiger partial charge in [0.25, 0.3) is 5.91 Å². The lowest BCUT2D eigenvalue weighted by atomic mass is 10.1. The maximum absolute atomic E-state index is 14.1. The molecule has 1 aromatic heterocycles. The zero-order valence-corrected chi connectivity index (χ0v) is 15.3. The van der Waals surface area contributed by atoms with Crippen LogP contribution in [0.5, 0.6) is 5.88 Å². The molecular formula is C17H18F2N4O3S. The first-order valence-corrected chi connectivity index (χ1v) is 8.70. The Labute approximate surface area is 158 Å². The number of amides is 3. The molecule has 10 heteroatoms. The van der Waals surface area contributed by atoms with E-state index in [2.05, 4.69) is 21.6 Å². The van der Waals surface area contributed by atoms with Crippen molar-refractivity contribution in [3.63, 3.8) is 0 Å². The lowest BCUT2D eigenvalue weighted by molar-refractivity contribution is 0.0996. The SMILES string of the molecule is C=CCNC(=O)Nc1snc(OCc2ccc(CC)c(F)c2F)c1C(N)=O. The number of hydrogen-bond acceptors (Lipinski definition) is 5. The molecule has 144 valence electrons. The van der Waals surface area contributed by atoms with E-state index in [9.17, 15) is 18.4 Å². The fourth-order valence-corrected chi connectivity index (χ4v) is 2.88. The summed E-state index contributed by atoms with van der Waals surface area (Å²) >= 11 is 0.773. The van der Waals surface area contributed by atoms with Crippen molar-refractivity contribution in [2.45, 2.75) is 20.0 Å². The molecule has 4 N–H and O–H groups in total. The monoisotopic (exact) mass is 396 g/mol. The molecule has 0 atom stereocenters. The third-order valence-corrected chi connectivity index (χ3v) is 4.27. The predicted molar refractivity (Wildman–Crippen MR) is 97.9 cm³/mol. The number of benzene rings is 1. The van der Waals surface area contributed by atoms with Crippen LogP contribution in [0, 0.1) is 11.6 Å². The minimum atomic E-state index is -1.02. The molecule has 2 aromatic rings. The highest BCUT2D eigenvalue weighted by Crippen LogP contribution is 2.31. The molecule has 0 unspecified atom stereocenters. The van der Waals surface area contributed by atoms with Crippen LogP contribution in [-0.4, -0.2) is 22.9 Å². The van der Waals surface area contributed by atoms with Gasteiger partial charge in [-0.25, -0.2) is 13.6 Å². The van der Waals surface area contributed by atoms with Gasteiger partial charge in [0, 0.05) is 12.1 Å². The number of nitrogens with zero attached hydrogens (tertiary/aromatic N) is 1.